The molecule has 3 aromatic rings. The quantitative estimate of drug-likeness (QED) is 0.313. The van der Waals surface area contributed by atoms with Crippen LogP contribution in [-0.4, -0.2) is 42.4 Å². The Morgan fingerprint density at radius 1 is 1.31 bits per heavy atom. The maximum Gasteiger partial charge on any atom is 0.254 e. The van der Waals surface area contributed by atoms with Gasteiger partial charge in [0, 0.05) is 13.1 Å². The molecule has 1 unspecified atom stereocenters. The predicted octanol–water partition coefficient (Wildman–Crippen LogP) is 4.14. The van der Waals surface area contributed by atoms with Crippen LogP contribution in [-0.2, 0) is 0 Å². The van der Waals surface area contributed by atoms with E-state index >= 15 is 0 Å². The number of anilines is 3. The van der Waals surface area contributed by atoms with Crippen LogP contribution >= 0.6 is 23.2 Å². The second-order valence-electron chi connectivity index (χ2n) is 7.86. The lowest BCUT2D eigenvalue weighted by Crippen LogP contribution is -2.48. The van der Waals surface area contributed by atoms with Crippen LogP contribution in [0.15, 0.2) is 34.9 Å². The number of amides is 1. The van der Waals surface area contributed by atoms with E-state index in [0.29, 0.717) is 36.6 Å². The fourth-order valence-electron chi connectivity index (χ4n) is 3.93. The minimum absolute atomic E-state index is 0.138. The maximum absolute atomic E-state index is 13.1. The topological polar surface area (TPSA) is 135 Å². The van der Waals surface area contributed by atoms with Crippen LogP contribution in [0.25, 0.3) is 11.0 Å². The monoisotopic (exact) mass is 473 g/mol. The van der Waals surface area contributed by atoms with Gasteiger partial charge < -0.3 is 20.5 Å². The smallest absolute Gasteiger partial charge is 0.254 e. The van der Waals surface area contributed by atoms with Gasteiger partial charge in [-0.2, -0.15) is 0 Å². The molecule has 1 aliphatic heterocycles. The van der Waals surface area contributed by atoms with E-state index in [4.69, 9.17) is 44.3 Å². The van der Waals surface area contributed by atoms with Crippen molar-refractivity contribution in [3.63, 3.8) is 0 Å². The van der Waals surface area contributed by atoms with Gasteiger partial charge in [0.1, 0.15) is 0 Å². The Morgan fingerprint density at radius 2 is 2.00 bits per heavy atom. The van der Waals surface area contributed by atoms with E-state index in [1.165, 1.54) is 17.0 Å². The first-order valence-corrected chi connectivity index (χ1v) is 10.5. The number of hydrogen-bond donors (Lipinski definition) is 4. The second-order valence-corrected chi connectivity index (χ2v) is 8.67. The molecule has 5 N–H and O–H groups in total. The number of carbonyl (C=O) groups is 1. The average Bonchev–Trinajstić information content (AvgIpc) is 3.31. The molecule has 1 aliphatic rings. The van der Waals surface area contributed by atoms with Gasteiger partial charge in [-0.15, -0.1) is 0 Å². The van der Waals surface area contributed by atoms with E-state index < -0.39 is 11.4 Å². The molecule has 1 atom stereocenters. The van der Waals surface area contributed by atoms with E-state index in [-0.39, 0.29) is 15.6 Å². The van der Waals surface area contributed by atoms with E-state index in [1.807, 2.05) is 25.1 Å². The van der Waals surface area contributed by atoms with Gasteiger partial charge in [0.2, 0.25) is 0 Å². The lowest BCUT2D eigenvalue weighted by Gasteiger charge is -2.27. The lowest BCUT2D eigenvalue weighted by molar-refractivity contribution is 0.0914. The normalized spacial score (nSPS) is 18.0. The van der Waals surface area contributed by atoms with Crippen LogP contribution in [0.4, 0.5) is 17.2 Å². The molecule has 0 bridgehead atoms. The molecule has 1 amide bonds. The van der Waals surface area contributed by atoms with Crippen LogP contribution in [0.5, 0.6) is 0 Å². The van der Waals surface area contributed by atoms with Gasteiger partial charge in [0.25, 0.3) is 5.91 Å². The first kappa shape index (κ1) is 21.9. The lowest BCUT2D eigenvalue weighted by atomic mass is 10.0. The van der Waals surface area contributed by atoms with Crippen molar-refractivity contribution < 1.29 is 9.32 Å². The zero-order valence-corrected chi connectivity index (χ0v) is 18.7. The largest absolute Gasteiger partial charge is 0.380 e. The minimum Gasteiger partial charge on any atom is -0.380 e. The Kier molecular flexibility index (Phi) is 5.70. The molecule has 0 aliphatic carbocycles. The number of rotatable bonds is 6. The van der Waals surface area contributed by atoms with Gasteiger partial charge in [0.05, 0.1) is 50.6 Å². The molecule has 1 fully saturated rings. The summed E-state index contributed by atoms with van der Waals surface area (Å²) in [7, 11) is 0. The van der Waals surface area contributed by atoms with Gasteiger partial charge in [-0.05, 0) is 37.6 Å². The number of hydrogen-bond acceptors (Lipinski definition) is 7. The molecule has 1 aromatic heterocycles. The second kappa shape index (κ2) is 8.33. The zero-order chi connectivity index (χ0) is 23.0. The summed E-state index contributed by atoms with van der Waals surface area (Å²) in [5.41, 5.74) is 7.38. The van der Waals surface area contributed by atoms with Gasteiger partial charge in [-0.25, -0.2) is 0 Å². The van der Waals surface area contributed by atoms with E-state index in [0.717, 1.165) is 23.8 Å². The molecule has 2 aromatic carbocycles. The van der Waals surface area contributed by atoms with Crippen molar-refractivity contribution >= 4 is 69.9 Å². The summed E-state index contributed by atoms with van der Waals surface area (Å²) < 4.78 is 5.42. The van der Waals surface area contributed by atoms with Crippen LogP contribution < -0.4 is 20.9 Å². The summed E-state index contributed by atoms with van der Waals surface area (Å²) in [6, 6.07) is 8.68. The Hall–Kier alpha value is -3.30. The number of halogens is 2. The SMILES string of the molecule is CC1(NC(=O)c2c(Cl)cc(N(C=N)C=N)cc2Cl)CCN(c2cccc3c(N)noc23)C1. The standard InChI is InChI=1S/C21H21Cl2N7O2/c1-21(5-6-29(9-21)16-4-2-3-13-18(16)32-28-19(13)26)27-20(31)17-14(22)7-12(8-15(17)23)30(10-24)11-25/h2-4,7-8,10-11,24-25H,5-6,9H2,1H3,(H2,26,28)(H,27,31). The van der Waals surface area contributed by atoms with Crippen molar-refractivity contribution in [3.8, 4) is 0 Å². The highest BCUT2D eigenvalue weighted by Gasteiger charge is 2.37. The van der Waals surface area contributed by atoms with E-state index in [9.17, 15) is 4.79 Å². The van der Waals surface area contributed by atoms with E-state index in [2.05, 4.69) is 15.4 Å². The highest BCUT2D eigenvalue weighted by molar-refractivity contribution is 6.40. The summed E-state index contributed by atoms with van der Waals surface area (Å²) >= 11 is 12.7. The number of aromatic nitrogens is 1. The van der Waals surface area contributed by atoms with Crippen molar-refractivity contribution in [2.75, 3.05) is 28.6 Å². The third kappa shape index (κ3) is 3.85. The Labute approximate surface area is 194 Å². The van der Waals surface area contributed by atoms with Crippen molar-refractivity contribution in [2.24, 2.45) is 0 Å². The summed E-state index contributed by atoms with van der Waals surface area (Å²) in [5, 5.41) is 22.6. The van der Waals surface area contributed by atoms with Crippen molar-refractivity contribution in [3.05, 3.63) is 45.9 Å². The molecule has 0 saturated carbocycles. The van der Waals surface area contributed by atoms with Crippen LogP contribution in [0.3, 0.4) is 0 Å². The summed E-state index contributed by atoms with van der Waals surface area (Å²) in [6.07, 6.45) is 2.60. The molecule has 11 heteroatoms. The third-order valence-electron chi connectivity index (χ3n) is 5.57. The number of fused-ring (bicyclic) bond motifs is 1. The fourth-order valence-corrected chi connectivity index (χ4v) is 4.58. The molecule has 2 heterocycles. The molecular weight excluding hydrogens is 453 g/mol. The van der Waals surface area contributed by atoms with Gasteiger partial charge >= 0.3 is 0 Å². The number of nitrogens with two attached hydrogens (primary N) is 1. The van der Waals surface area contributed by atoms with Crippen molar-refractivity contribution in [2.45, 2.75) is 18.9 Å². The van der Waals surface area contributed by atoms with Gasteiger partial charge in [-0.3, -0.25) is 20.5 Å². The first-order valence-electron chi connectivity index (χ1n) is 9.76. The summed E-state index contributed by atoms with van der Waals surface area (Å²) in [6.45, 7) is 3.20. The van der Waals surface area contributed by atoms with Crippen LogP contribution in [0, 0.1) is 10.8 Å². The molecule has 1 saturated heterocycles. The molecule has 9 nitrogen and oxygen atoms in total. The predicted molar refractivity (Wildman–Crippen MR) is 128 cm³/mol. The number of nitrogens with one attached hydrogen (secondary N) is 3. The Morgan fingerprint density at radius 3 is 2.66 bits per heavy atom. The fraction of sp³-hybridized carbons (Fsp3) is 0.238. The molecular formula is C21H21Cl2N7O2. The number of benzene rings is 2. The van der Waals surface area contributed by atoms with Gasteiger partial charge in [-0.1, -0.05) is 34.4 Å². The number of nitrogens with zero attached hydrogens (tertiary/aromatic N) is 3. The van der Waals surface area contributed by atoms with E-state index in [1.54, 1.807) is 0 Å². The highest BCUT2D eigenvalue weighted by Crippen LogP contribution is 2.35. The minimum atomic E-state index is -0.536. The Bertz CT molecular complexity index is 1200. The molecule has 32 heavy (non-hydrogen) atoms. The number of para-hydroxylation sites is 1. The van der Waals surface area contributed by atoms with Crippen LogP contribution in [0.1, 0.15) is 23.7 Å². The number of carbonyl (C=O) groups excluding carboxylic acids is 1. The number of nitrogen functional groups attached to an aromatic ring is 1. The van der Waals surface area contributed by atoms with Gasteiger partial charge in [0.15, 0.2) is 11.4 Å². The maximum atomic E-state index is 13.1. The molecule has 0 spiro atoms. The third-order valence-corrected chi connectivity index (χ3v) is 6.16. The molecule has 4 rings (SSSR count). The molecule has 0 radical (unpaired) electrons. The summed E-state index contributed by atoms with van der Waals surface area (Å²) in [4.78, 5) is 16.4. The van der Waals surface area contributed by atoms with Crippen molar-refractivity contribution in [1.82, 2.24) is 10.5 Å². The van der Waals surface area contributed by atoms with Crippen molar-refractivity contribution in [1.29, 1.82) is 10.8 Å². The van der Waals surface area contributed by atoms with Crippen LogP contribution in [0.2, 0.25) is 10.0 Å². The molecule has 166 valence electrons. The first-order chi connectivity index (χ1) is 15.3. The zero-order valence-electron chi connectivity index (χ0n) is 17.2. The summed E-state index contributed by atoms with van der Waals surface area (Å²) in [5.74, 6) is -0.0521. The highest BCUT2D eigenvalue weighted by atomic mass is 35.5. The Balaban J connectivity index is 1.55. The average molecular weight is 474 g/mol.